The van der Waals surface area contributed by atoms with E-state index in [9.17, 15) is 9.90 Å². The fraction of sp³-hybridized carbons (Fsp3) is 0.417. The van der Waals surface area contributed by atoms with E-state index in [0.29, 0.717) is 17.0 Å². The summed E-state index contributed by atoms with van der Waals surface area (Å²) in [4.78, 5) is 11.5. The Labute approximate surface area is 99.6 Å². The number of rotatable bonds is 2. The molecule has 0 saturated carbocycles. The first-order chi connectivity index (χ1) is 7.94. The smallest absolute Gasteiger partial charge is 0.265 e. The predicted molar refractivity (Wildman–Crippen MR) is 63.8 cm³/mol. The number of aliphatic hydroxyl groups is 1. The summed E-state index contributed by atoms with van der Waals surface area (Å²) in [6.45, 7) is 3.42. The van der Waals surface area contributed by atoms with E-state index in [2.05, 4.69) is 5.32 Å². The molecular formula is C12H16N2O3. The summed E-state index contributed by atoms with van der Waals surface area (Å²) in [5, 5.41) is 12.8. The molecule has 5 heteroatoms. The van der Waals surface area contributed by atoms with Crippen LogP contribution in [-0.4, -0.2) is 23.7 Å². The minimum absolute atomic E-state index is 0.108. The number of amides is 1. The first kappa shape index (κ1) is 11.9. The normalized spacial score (nSPS) is 22.1. The predicted octanol–water partition coefficient (Wildman–Crippen LogP) is 0.572. The van der Waals surface area contributed by atoms with E-state index in [1.807, 2.05) is 0 Å². The molecule has 5 nitrogen and oxygen atoms in total. The molecule has 0 saturated heterocycles. The van der Waals surface area contributed by atoms with Gasteiger partial charge in [0.05, 0.1) is 11.3 Å². The summed E-state index contributed by atoms with van der Waals surface area (Å²) in [6, 6.07) is 5.16. The lowest BCUT2D eigenvalue weighted by Crippen LogP contribution is -2.35. The van der Waals surface area contributed by atoms with Crippen LogP contribution in [-0.2, 0) is 10.4 Å². The van der Waals surface area contributed by atoms with Crippen molar-refractivity contribution in [2.24, 2.45) is 5.73 Å². The molecule has 0 aromatic heterocycles. The van der Waals surface area contributed by atoms with Gasteiger partial charge >= 0.3 is 0 Å². The number of anilines is 1. The summed E-state index contributed by atoms with van der Waals surface area (Å²) in [7, 11) is 0. The number of nitrogens with two attached hydrogens (primary N) is 1. The molecule has 1 aliphatic heterocycles. The van der Waals surface area contributed by atoms with Crippen molar-refractivity contribution in [2.45, 2.75) is 25.6 Å². The monoisotopic (exact) mass is 236 g/mol. The average molecular weight is 236 g/mol. The minimum Gasteiger partial charge on any atom is -0.479 e. The SMILES string of the molecule is CC1Oc2ccc(C(C)(O)CN)cc2NC1=O. The van der Waals surface area contributed by atoms with E-state index >= 15 is 0 Å². The van der Waals surface area contributed by atoms with Gasteiger partial charge in [-0.1, -0.05) is 6.07 Å². The maximum Gasteiger partial charge on any atom is 0.265 e. The van der Waals surface area contributed by atoms with Crippen LogP contribution in [0, 0.1) is 0 Å². The zero-order valence-corrected chi connectivity index (χ0v) is 9.86. The molecule has 1 amide bonds. The highest BCUT2D eigenvalue weighted by molar-refractivity contribution is 5.97. The first-order valence-corrected chi connectivity index (χ1v) is 5.48. The lowest BCUT2D eigenvalue weighted by atomic mass is 9.95. The number of fused-ring (bicyclic) bond motifs is 1. The zero-order chi connectivity index (χ0) is 12.6. The molecule has 1 aliphatic rings. The molecule has 0 fully saturated rings. The van der Waals surface area contributed by atoms with Crippen LogP contribution in [0.4, 0.5) is 5.69 Å². The van der Waals surface area contributed by atoms with Gasteiger partial charge in [-0.3, -0.25) is 4.79 Å². The van der Waals surface area contributed by atoms with Gasteiger partial charge in [-0.15, -0.1) is 0 Å². The Morgan fingerprint density at radius 1 is 1.59 bits per heavy atom. The minimum atomic E-state index is -1.11. The second kappa shape index (κ2) is 4.01. The van der Waals surface area contributed by atoms with E-state index < -0.39 is 11.7 Å². The van der Waals surface area contributed by atoms with E-state index in [-0.39, 0.29) is 12.5 Å². The lowest BCUT2D eigenvalue weighted by Gasteiger charge is -2.27. The second-order valence-electron chi connectivity index (χ2n) is 4.44. The molecule has 0 spiro atoms. The van der Waals surface area contributed by atoms with Crippen LogP contribution < -0.4 is 15.8 Å². The first-order valence-electron chi connectivity index (χ1n) is 5.48. The molecule has 2 atom stereocenters. The Morgan fingerprint density at radius 3 is 2.94 bits per heavy atom. The van der Waals surface area contributed by atoms with E-state index in [1.165, 1.54) is 0 Å². The molecule has 4 N–H and O–H groups in total. The summed E-state index contributed by atoms with van der Waals surface area (Å²) in [5.74, 6) is 0.413. The quantitative estimate of drug-likeness (QED) is 0.701. The van der Waals surface area contributed by atoms with E-state index in [0.717, 1.165) is 0 Å². The van der Waals surface area contributed by atoms with E-state index in [1.54, 1.807) is 32.0 Å². The third-order valence-corrected chi connectivity index (χ3v) is 2.93. The Bertz CT molecular complexity index is 457. The number of benzene rings is 1. The van der Waals surface area contributed by atoms with E-state index in [4.69, 9.17) is 10.5 Å². The molecule has 0 aliphatic carbocycles. The molecule has 1 heterocycles. The van der Waals surface area contributed by atoms with Gasteiger partial charge in [-0.05, 0) is 31.5 Å². The summed E-state index contributed by atoms with van der Waals surface area (Å²) in [5.41, 5.74) is 5.61. The van der Waals surface area contributed by atoms with Crippen molar-refractivity contribution in [2.75, 3.05) is 11.9 Å². The molecule has 0 bridgehead atoms. The molecular weight excluding hydrogens is 220 g/mol. The van der Waals surface area contributed by atoms with Crippen LogP contribution in [0.2, 0.25) is 0 Å². The maximum absolute atomic E-state index is 11.5. The Kier molecular flexibility index (Phi) is 2.81. The van der Waals surface area contributed by atoms with Gasteiger partial charge in [0, 0.05) is 6.54 Å². The number of hydrogen-bond acceptors (Lipinski definition) is 4. The van der Waals surface area contributed by atoms with Crippen molar-refractivity contribution in [3.8, 4) is 5.75 Å². The number of carbonyl (C=O) groups excluding carboxylic acids is 1. The van der Waals surface area contributed by atoms with Crippen molar-refractivity contribution in [3.63, 3.8) is 0 Å². The van der Waals surface area contributed by atoms with Crippen LogP contribution in [0.3, 0.4) is 0 Å². The van der Waals surface area contributed by atoms with Crippen LogP contribution in [0.5, 0.6) is 5.75 Å². The van der Waals surface area contributed by atoms with Gasteiger partial charge in [0.2, 0.25) is 0 Å². The fourth-order valence-electron chi connectivity index (χ4n) is 1.66. The standard InChI is InChI=1S/C12H16N2O3/c1-7-11(15)14-9-5-8(12(2,16)6-13)3-4-10(9)17-7/h3-5,7,16H,6,13H2,1-2H3,(H,14,15). The third-order valence-electron chi connectivity index (χ3n) is 2.93. The van der Waals surface area contributed by atoms with Crippen molar-refractivity contribution in [1.29, 1.82) is 0 Å². The molecule has 92 valence electrons. The number of carbonyl (C=O) groups is 1. The Hall–Kier alpha value is -1.59. The molecule has 2 rings (SSSR count). The highest BCUT2D eigenvalue weighted by Gasteiger charge is 2.27. The summed E-state index contributed by atoms with van der Waals surface area (Å²) in [6.07, 6.45) is -0.497. The van der Waals surface area contributed by atoms with Gasteiger partial charge < -0.3 is 20.9 Å². The lowest BCUT2D eigenvalue weighted by molar-refractivity contribution is -0.122. The second-order valence-corrected chi connectivity index (χ2v) is 4.44. The highest BCUT2D eigenvalue weighted by atomic mass is 16.5. The van der Waals surface area contributed by atoms with Crippen LogP contribution in [0.15, 0.2) is 18.2 Å². The Balaban J connectivity index is 2.38. The van der Waals surface area contributed by atoms with Gasteiger partial charge in [0.15, 0.2) is 6.10 Å². The topological polar surface area (TPSA) is 84.6 Å². The van der Waals surface area contributed by atoms with Gasteiger partial charge in [-0.2, -0.15) is 0 Å². The number of nitrogens with one attached hydrogen (secondary N) is 1. The van der Waals surface area contributed by atoms with Crippen LogP contribution >= 0.6 is 0 Å². The molecule has 1 aromatic carbocycles. The molecule has 0 radical (unpaired) electrons. The van der Waals surface area contributed by atoms with Crippen molar-refractivity contribution >= 4 is 11.6 Å². The largest absolute Gasteiger partial charge is 0.479 e. The maximum atomic E-state index is 11.5. The van der Waals surface area contributed by atoms with Crippen LogP contribution in [0.25, 0.3) is 0 Å². The Morgan fingerprint density at radius 2 is 2.29 bits per heavy atom. The fourth-order valence-corrected chi connectivity index (χ4v) is 1.66. The molecule has 2 unspecified atom stereocenters. The summed E-state index contributed by atoms with van der Waals surface area (Å²) >= 11 is 0. The summed E-state index contributed by atoms with van der Waals surface area (Å²) < 4.78 is 5.42. The average Bonchev–Trinajstić information content (AvgIpc) is 2.30. The highest BCUT2D eigenvalue weighted by Crippen LogP contribution is 2.33. The van der Waals surface area contributed by atoms with Gasteiger partial charge in [0.1, 0.15) is 5.75 Å². The van der Waals surface area contributed by atoms with Gasteiger partial charge in [-0.25, -0.2) is 0 Å². The zero-order valence-electron chi connectivity index (χ0n) is 9.86. The molecule has 1 aromatic rings. The molecule has 17 heavy (non-hydrogen) atoms. The van der Waals surface area contributed by atoms with Crippen molar-refractivity contribution in [3.05, 3.63) is 23.8 Å². The number of hydrogen-bond donors (Lipinski definition) is 3. The number of ether oxygens (including phenoxy) is 1. The van der Waals surface area contributed by atoms with Crippen LogP contribution in [0.1, 0.15) is 19.4 Å². The van der Waals surface area contributed by atoms with Gasteiger partial charge in [0.25, 0.3) is 5.91 Å². The van der Waals surface area contributed by atoms with Crippen molar-refractivity contribution in [1.82, 2.24) is 0 Å². The third kappa shape index (κ3) is 2.11. The van der Waals surface area contributed by atoms with Crippen molar-refractivity contribution < 1.29 is 14.6 Å².